The van der Waals surface area contributed by atoms with Crippen LogP contribution in [0.25, 0.3) is 0 Å². The normalized spacial score (nSPS) is 24.6. The largest absolute Gasteiger partial charge is 0.495 e. The summed E-state index contributed by atoms with van der Waals surface area (Å²) in [5.74, 6) is 2.23. The van der Waals surface area contributed by atoms with E-state index in [0.717, 1.165) is 37.6 Å². The number of nitrogens with zero attached hydrogens (tertiary/aromatic N) is 1. The molecule has 2 N–H and O–H groups in total. The number of carbonyl (C=O) groups excluding carboxylic acids is 1. The van der Waals surface area contributed by atoms with Gasteiger partial charge in [-0.15, -0.1) is 0 Å². The number of amides is 1. The number of nitrogens with one attached hydrogen (secondary N) is 2. The fraction of sp³-hybridized carbons (Fsp3) is 0.533. The van der Waals surface area contributed by atoms with Crippen LogP contribution in [0.4, 0.5) is 5.69 Å². The van der Waals surface area contributed by atoms with Gasteiger partial charge in [0.15, 0.2) is 0 Å². The molecule has 0 spiro atoms. The van der Waals surface area contributed by atoms with Crippen LogP contribution in [-0.4, -0.2) is 50.6 Å². The molecule has 0 bridgehead atoms. The van der Waals surface area contributed by atoms with Crippen LogP contribution in [-0.2, 0) is 4.79 Å². The van der Waals surface area contributed by atoms with Crippen molar-refractivity contribution in [2.45, 2.75) is 0 Å². The van der Waals surface area contributed by atoms with E-state index in [-0.39, 0.29) is 5.91 Å². The van der Waals surface area contributed by atoms with Crippen LogP contribution in [0.2, 0.25) is 0 Å². The Labute approximate surface area is 119 Å². The number of para-hydroxylation sites is 2. The fourth-order valence-corrected chi connectivity index (χ4v) is 3.13. The molecule has 20 heavy (non-hydrogen) atoms. The van der Waals surface area contributed by atoms with Gasteiger partial charge in [0.25, 0.3) is 0 Å². The Morgan fingerprint density at radius 2 is 2.05 bits per heavy atom. The van der Waals surface area contributed by atoms with Crippen molar-refractivity contribution < 1.29 is 9.53 Å². The lowest BCUT2D eigenvalue weighted by molar-refractivity contribution is -0.128. The molecule has 2 atom stereocenters. The first kappa shape index (κ1) is 13.2. The van der Waals surface area contributed by atoms with Crippen LogP contribution in [0.5, 0.6) is 5.75 Å². The van der Waals surface area contributed by atoms with Crippen LogP contribution in [0, 0.1) is 11.8 Å². The Kier molecular flexibility index (Phi) is 3.78. The molecular weight excluding hydrogens is 254 g/mol. The highest BCUT2D eigenvalue weighted by Crippen LogP contribution is 2.27. The molecule has 5 heteroatoms. The number of ether oxygens (including phenoxy) is 1. The summed E-state index contributed by atoms with van der Waals surface area (Å²) in [5, 5.41) is 6.56. The van der Waals surface area contributed by atoms with E-state index in [0.29, 0.717) is 18.4 Å². The van der Waals surface area contributed by atoms with Gasteiger partial charge in [-0.3, -0.25) is 4.79 Å². The highest BCUT2D eigenvalue weighted by atomic mass is 16.5. The van der Waals surface area contributed by atoms with Crippen molar-refractivity contribution in [2.75, 3.05) is 45.2 Å². The first-order chi connectivity index (χ1) is 9.78. The number of methoxy groups -OCH3 is 1. The van der Waals surface area contributed by atoms with Gasteiger partial charge in [0.1, 0.15) is 5.75 Å². The molecule has 108 valence electrons. The number of anilines is 1. The minimum absolute atomic E-state index is 0.172. The number of carbonyl (C=O) groups is 1. The Balaban J connectivity index is 1.55. The smallest absolute Gasteiger partial charge is 0.241 e. The quantitative estimate of drug-likeness (QED) is 0.853. The fourth-order valence-electron chi connectivity index (χ4n) is 3.13. The molecule has 0 aliphatic carbocycles. The number of fused-ring (bicyclic) bond motifs is 1. The van der Waals surface area contributed by atoms with Crippen LogP contribution < -0.4 is 15.4 Å². The van der Waals surface area contributed by atoms with Crippen molar-refractivity contribution in [1.82, 2.24) is 10.2 Å². The zero-order valence-corrected chi connectivity index (χ0v) is 11.8. The SMILES string of the molecule is COc1ccccc1NCC(=O)N1C[C@H]2CNC[C@H]2C1. The van der Waals surface area contributed by atoms with E-state index in [4.69, 9.17) is 4.74 Å². The van der Waals surface area contributed by atoms with E-state index in [1.165, 1.54) is 0 Å². The Morgan fingerprint density at radius 1 is 1.35 bits per heavy atom. The highest BCUT2D eigenvalue weighted by Gasteiger charge is 2.37. The predicted octanol–water partition coefficient (Wildman–Crippen LogP) is 0.785. The van der Waals surface area contributed by atoms with Crippen LogP contribution in [0.1, 0.15) is 0 Å². The van der Waals surface area contributed by atoms with E-state index in [1.807, 2.05) is 29.2 Å². The molecule has 1 amide bonds. The maximum Gasteiger partial charge on any atom is 0.241 e. The standard InChI is InChI=1S/C15H21N3O2/c1-20-14-5-3-2-4-13(14)17-8-15(19)18-9-11-6-16-7-12(11)10-18/h2-5,11-12,16-17H,6-10H2,1H3/t11-,12+. The molecule has 3 rings (SSSR count). The second-order valence-electron chi connectivity index (χ2n) is 5.53. The molecule has 0 radical (unpaired) electrons. The Morgan fingerprint density at radius 3 is 2.75 bits per heavy atom. The minimum atomic E-state index is 0.172. The van der Waals surface area contributed by atoms with Gasteiger partial charge in [-0.2, -0.15) is 0 Å². The molecule has 2 fully saturated rings. The summed E-state index contributed by atoms with van der Waals surface area (Å²) in [6.45, 7) is 4.21. The monoisotopic (exact) mass is 275 g/mol. The number of benzene rings is 1. The van der Waals surface area contributed by atoms with E-state index in [9.17, 15) is 4.79 Å². The number of rotatable bonds is 4. The zero-order chi connectivity index (χ0) is 13.9. The third kappa shape index (κ3) is 2.58. The Bertz CT molecular complexity index is 480. The number of likely N-dealkylation sites (tertiary alicyclic amines) is 1. The predicted molar refractivity (Wildman–Crippen MR) is 77.9 cm³/mol. The molecular formula is C15H21N3O2. The second kappa shape index (κ2) is 5.71. The van der Waals surface area contributed by atoms with Gasteiger partial charge in [-0.25, -0.2) is 0 Å². The average Bonchev–Trinajstić information content (AvgIpc) is 3.06. The first-order valence-corrected chi connectivity index (χ1v) is 7.13. The summed E-state index contributed by atoms with van der Waals surface area (Å²) in [6.07, 6.45) is 0. The van der Waals surface area contributed by atoms with Gasteiger partial charge < -0.3 is 20.3 Å². The van der Waals surface area contributed by atoms with Gasteiger partial charge in [-0.05, 0) is 24.0 Å². The summed E-state index contributed by atoms with van der Waals surface area (Å²) in [5.41, 5.74) is 0.865. The third-order valence-electron chi connectivity index (χ3n) is 4.28. The van der Waals surface area contributed by atoms with Crippen molar-refractivity contribution in [3.8, 4) is 5.75 Å². The van der Waals surface area contributed by atoms with Crippen molar-refractivity contribution in [3.05, 3.63) is 24.3 Å². The lowest BCUT2D eigenvalue weighted by atomic mass is 10.0. The van der Waals surface area contributed by atoms with Crippen molar-refractivity contribution in [2.24, 2.45) is 11.8 Å². The van der Waals surface area contributed by atoms with Gasteiger partial charge >= 0.3 is 0 Å². The molecule has 1 aromatic rings. The van der Waals surface area contributed by atoms with Crippen molar-refractivity contribution in [3.63, 3.8) is 0 Å². The molecule has 5 nitrogen and oxygen atoms in total. The maximum atomic E-state index is 12.3. The summed E-state index contributed by atoms with van der Waals surface area (Å²) < 4.78 is 5.27. The summed E-state index contributed by atoms with van der Waals surface area (Å²) in [6, 6.07) is 7.66. The van der Waals surface area contributed by atoms with Crippen LogP contribution >= 0.6 is 0 Å². The molecule has 2 aliphatic rings. The molecule has 2 aliphatic heterocycles. The lowest BCUT2D eigenvalue weighted by Crippen LogP contribution is -2.35. The number of hydrogen-bond donors (Lipinski definition) is 2. The zero-order valence-electron chi connectivity index (χ0n) is 11.8. The molecule has 0 aromatic heterocycles. The van der Waals surface area contributed by atoms with E-state index >= 15 is 0 Å². The highest BCUT2D eigenvalue weighted by molar-refractivity contribution is 5.81. The molecule has 2 saturated heterocycles. The van der Waals surface area contributed by atoms with Gasteiger partial charge in [-0.1, -0.05) is 12.1 Å². The van der Waals surface area contributed by atoms with Gasteiger partial charge in [0.2, 0.25) is 5.91 Å². The second-order valence-corrected chi connectivity index (χ2v) is 5.53. The molecule has 0 saturated carbocycles. The maximum absolute atomic E-state index is 12.3. The Hall–Kier alpha value is -1.75. The van der Waals surface area contributed by atoms with E-state index in [1.54, 1.807) is 7.11 Å². The molecule has 1 aromatic carbocycles. The van der Waals surface area contributed by atoms with Crippen molar-refractivity contribution in [1.29, 1.82) is 0 Å². The van der Waals surface area contributed by atoms with E-state index < -0.39 is 0 Å². The average molecular weight is 275 g/mol. The van der Waals surface area contributed by atoms with Gasteiger partial charge in [0.05, 0.1) is 19.3 Å². The lowest BCUT2D eigenvalue weighted by Gasteiger charge is -2.18. The molecule has 2 heterocycles. The van der Waals surface area contributed by atoms with Crippen LogP contribution in [0.3, 0.4) is 0 Å². The minimum Gasteiger partial charge on any atom is -0.495 e. The van der Waals surface area contributed by atoms with Crippen LogP contribution in [0.15, 0.2) is 24.3 Å². The summed E-state index contributed by atoms with van der Waals surface area (Å²) >= 11 is 0. The summed E-state index contributed by atoms with van der Waals surface area (Å²) in [4.78, 5) is 14.2. The first-order valence-electron chi connectivity index (χ1n) is 7.13. The summed E-state index contributed by atoms with van der Waals surface area (Å²) in [7, 11) is 1.64. The topological polar surface area (TPSA) is 53.6 Å². The van der Waals surface area contributed by atoms with Crippen molar-refractivity contribution >= 4 is 11.6 Å². The van der Waals surface area contributed by atoms with E-state index in [2.05, 4.69) is 10.6 Å². The number of hydrogen-bond acceptors (Lipinski definition) is 4. The third-order valence-corrected chi connectivity index (χ3v) is 4.28. The molecule has 0 unspecified atom stereocenters. The van der Waals surface area contributed by atoms with Gasteiger partial charge in [0, 0.05) is 26.2 Å².